The van der Waals surface area contributed by atoms with Crippen LogP contribution in [0.1, 0.15) is 43.7 Å². The van der Waals surface area contributed by atoms with Gasteiger partial charge in [0.25, 0.3) is 0 Å². The van der Waals surface area contributed by atoms with Gasteiger partial charge < -0.3 is 10.0 Å². The number of anilines is 1. The second kappa shape index (κ2) is 5.19. The van der Waals surface area contributed by atoms with E-state index in [1.54, 1.807) is 6.07 Å². The summed E-state index contributed by atoms with van der Waals surface area (Å²) in [5, 5.41) is 20.3. The third-order valence-electron chi connectivity index (χ3n) is 5.26. The molecule has 112 valence electrons. The van der Waals surface area contributed by atoms with Crippen molar-refractivity contribution in [3.63, 3.8) is 0 Å². The van der Waals surface area contributed by atoms with Crippen LogP contribution in [0.15, 0.2) is 12.1 Å². The fourth-order valence-corrected chi connectivity index (χ4v) is 4.17. The molecule has 2 heterocycles. The molecule has 1 saturated carbocycles. The van der Waals surface area contributed by atoms with Crippen molar-refractivity contribution in [2.24, 2.45) is 5.92 Å². The van der Waals surface area contributed by atoms with E-state index >= 15 is 0 Å². The van der Waals surface area contributed by atoms with Crippen molar-refractivity contribution in [1.29, 1.82) is 5.26 Å². The summed E-state index contributed by atoms with van der Waals surface area (Å²) < 4.78 is 0. The van der Waals surface area contributed by atoms with Crippen LogP contribution in [-0.2, 0) is 0 Å². The van der Waals surface area contributed by atoms with Crippen molar-refractivity contribution >= 4 is 17.3 Å². The molecule has 2 bridgehead atoms. The second-order valence-electron chi connectivity index (χ2n) is 6.68. The molecule has 3 unspecified atom stereocenters. The molecule has 0 amide bonds. The molecule has 21 heavy (non-hydrogen) atoms. The summed E-state index contributed by atoms with van der Waals surface area (Å²) in [6, 6.07) is 6.31. The van der Waals surface area contributed by atoms with E-state index in [1.807, 2.05) is 19.9 Å². The quantitative estimate of drug-likeness (QED) is 0.861. The number of halogens is 1. The summed E-state index contributed by atoms with van der Waals surface area (Å²) in [7, 11) is 0. The fraction of sp³-hybridized carbons (Fsp3) is 0.588. The maximum atomic E-state index is 10.6. The van der Waals surface area contributed by atoms with E-state index in [0.29, 0.717) is 22.5 Å². The number of piperidine rings is 1. The summed E-state index contributed by atoms with van der Waals surface area (Å²) in [6.45, 7) is 4.84. The Hall–Kier alpha value is -1.24. The van der Waals surface area contributed by atoms with Gasteiger partial charge in [0.2, 0.25) is 0 Å². The Kier molecular flexibility index (Phi) is 3.63. The number of hydrogen-bond acceptors (Lipinski definition) is 3. The van der Waals surface area contributed by atoms with Gasteiger partial charge in [0.1, 0.15) is 6.07 Å². The molecule has 0 radical (unpaired) electrons. The molecule has 2 aliphatic heterocycles. The van der Waals surface area contributed by atoms with Crippen LogP contribution in [0, 0.1) is 24.2 Å². The van der Waals surface area contributed by atoms with Gasteiger partial charge in [-0.3, -0.25) is 0 Å². The minimum atomic E-state index is -0.554. The lowest BCUT2D eigenvalue weighted by molar-refractivity contribution is -0.0222. The molecule has 1 N–H and O–H groups in total. The fourth-order valence-electron chi connectivity index (χ4n) is 3.96. The van der Waals surface area contributed by atoms with Crippen LogP contribution in [0.5, 0.6) is 0 Å². The number of benzene rings is 1. The van der Waals surface area contributed by atoms with Gasteiger partial charge in [0, 0.05) is 24.2 Å². The second-order valence-corrected chi connectivity index (χ2v) is 7.06. The molecule has 3 aliphatic rings. The lowest BCUT2D eigenvalue weighted by Crippen LogP contribution is -2.53. The van der Waals surface area contributed by atoms with Gasteiger partial charge in [-0.15, -0.1) is 0 Å². The molecule has 3 nitrogen and oxygen atoms in total. The van der Waals surface area contributed by atoms with Gasteiger partial charge in [-0.2, -0.15) is 5.26 Å². The van der Waals surface area contributed by atoms with E-state index in [4.69, 9.17) is 16.9 Å². The molecular formula is C17H21ClN2O. The lowest BCUT2D eigenvalue weighted by Gasteiger charge is -2.46. The zero-order valence-corrected chi connectivity index (χ0v) is 13.3. The molecular weight excluding hydrogens is 284 g/mol. The first-order valence-electron chi connectivity index (χ1n) is 7.62. The van der Waals surface area contributed by atoms with E-state index in [1.165, 1.54) is 6.42 Å². The standard InChI is InChI=1S/C17H21ClN2O/c1-11-15(7-6-12(9-19)16(11)18)20-10-13-4-3-5-14(20)8-17(13,2)21/h6-7,13-14,21H,3-5,8,10H2,1-2H3. The highest BCUT2D eigenvalue weighted by Crippen LogP contribution is 2.43. The van der Waals surface area contributed by atoms with Crippen molar-refractivity contribution in [1.82, 2.24) is 0 Å². The zero-order chi connectivity index (χ0) is 15.2. The summed E-state index contributed by atoms with van der Waals surface area (Å²) >= 11 is 6.32. The summed E-state index contributed by atoms with van der Waals surface area (Å²) in [5.41, 5.74) is 2.07. The van der Waals surface area contributed by atoms with E-state index in [0.717, 1.165) is 37.1 Å². The number of rotatable bonds is 1. The predicted molar refractivity (Wildman–Crippen MR) is 84.6 cm³/mol. The van der Waals surface area contributed by atoms with Crippen LogP contribution in [-0.4, -0.2) is 23.3 Å². The minimum Gasteiger partial charge on any atom is -0.390 e. The van der Waals surface area contributed by atoms with Gasteiger partial charge in [0.15, 0.2) is 0 Å². The van der Waals surface area contributed by atoms with Gasteiger partial charge in [-0.25, -0.2) is 0 Å². The van der Waals surface area contributed by atoms with Crippen molar-refractivity contribution < 1.29 is 5.11 Å². The van der Waals surface area contributed by atoms with E-state index in [-0.39, 0.29) is 0 Å². The number of aliphatic hydroxyl groups is 1. The Balaban J connectivity index is 1.99. The Morgan fingerprint density at radius 3 is 2.90 bits per heavy atom. The van der Waals surface area contributed by atoms with Gasteiger partial charge >= 0.3 is 0 Å². The van der Waals surface area contributed by atoms with Crippen molar-refractivity contribution in [3.05, 3.63) is 28.3 Å². The summed E-state index contributed by atoms with van der Waals surface area (Å²) in [6.07, 6.45) is 4.19. The Labute approximate surface area is 131 Å². The third kappa shape index (κ3) is 2.41. The number of nitrogens with zero attached hydrogens (tertiary/aromatic N) is 2. The Morgan fingerprint density at radius 2 is 2.19 bits per heavy atom. The summed E-state index contributed by atoms with van der Waals surface area (Å²) in [4.78, 5) is 2.40. The first kappa shape index (κ1) is 14.7. The minimum absolute atomic E-state index is 0.310. The number of hydrogen-bond donors (Lipinski definition) is 1. The Morgan fingerprint density at radius 1 is 1.43 bits per heavy atom. The van der Waals surface area contributed by atoms with Crippen LogP contribution in [0.25, 0.3) is 0 Å². The molecule has 1 aliphatic carbocycles. The van der Waals surface area contributed by atoms with E-state index in [9.17, 15) is 5.11 Å². The normalized spacial score (nSPS) is 31.9. The van der Waals surface area contributed by atoms with Gasteiger partial charge in [0.05, 0.1) is 16.2 Å². The average molecular weight is 305 g/mol. The van der Waals surface area contributed by atoms with E-state index < -0.39 is 5.60 Å². The van der Waals surface area contributed by atoms with Crippen molar-refractivity contribution in [2.75, 3.05) is 11.4 Å². The average Bonchev–Trinajstić information content (AvgIpc) is 2.72. The first-order chi connectivity index (χ1) is 9.94. The highest BCUT2D eigenvalue weighted by atomic mass is 35.5. The van der Waals surface area contributed by atoms with Crippen molar-refractivity contribution in [2.45, 2.75) is 51.2 Å². The molecule has 1 aromatic carbocycles. The van der Waals surface area contributed by atoms with Crippen LogP contribution < -0.4 is 4.90 Å². The topological polar surface area (TPSA) is 47.3 Å². The van der Waals surface area contributed by atoms with Crippen LogP contribution in [0.4, 0.5) is 5.69 Å². The highest BCUT2D eigenvalue weighted by molar-refractivity contribution is 6.32. The molecule has 3 fully saturated rings. The maximum absolute atomic E-state index is 10.6. The smallest absolute Gasteiger partial charge is 0.101 e. The monoisotopic (exact) mass is 304 g/mol. The molecule has 0 spiro atoms. The number of nitriles is 1. The molecule has 1 aromatic rings. The Bertz CT molecular complexity index is 606. The van der Waals surface area contributed by atoms with Gasteiger partial charge in [-0.05, 0) is 50.8 Å². The highest BCUT2D eigenvalue weighted by Gasteiger charge is 2.44. The molecule has 0 aromatic heterocycles. The van der Waals surface area contributed by atoms with Crippen LogP contribution in [0.3, 0.4) is 0 Å². The maximum Gasteiger partial charge on any atom is 0.101 e. The number of fused-ring (bicyclic) bond motifs is 4. The van der Waals surface area contributed by atoms with Gasteiger partial charge in [-0.1, -0.05) is 18.0 Å². The molecule has 3 atom stereocenters. The molecule has 4 heteroatoms. The zero-order valence-electron chi connectivity index (χ0n) is 12.6. The lowest BCUT2D eigenvalue weighted by atomic mass is 9.79. The van der Waals surface area contributed by atoms with Crippen LogP contribution in [0.2, 0.25) is 5.02 Å². The summed E-state index contributed by atoms with van der Waals surface area (Å²) in [5.74, 6) is 0.310. The SMILES string of the molecule is Cc1c(N2CC3CCCC2CC3(C)O)ccc(C#N)c1Cl. The third-order valence-corrected chi connectivity index (χ3v) is 5.75. The molecule has 2 saturated heterocycles. The molecule has 4 rings (SSSR count). The largest absolute Gasteiger partial charge is 0.390 e. The predicted octanol–water partition coefficient (Wildman–Crippen LogP) is 3.65. The first-order valence-corrected chi connectivity index (χ1v) is 8.00. The van der Waals surface area contributed by atoms with E-state index in [2.05, 4.69) is 11.0 Å². The van der Waals surface area contributed by atoms with Crippen LogP contribution >= 0.6 is 11.6 Å². The van der Waals surface area contributed by atoms with Crippen molar-refractivity contribution in [3.8, 4) is 6.07 Å².